The lowest BCUT2D eigenvalue weighted by atomic mass is 10.1. The number of nitrogens with zero attached hydrogens (tertiary/aromatic N) is 2. The van der Waals surface area contributed by atoms with Crippen LogP contribution in [0.2, 0.25) is 10.0 Å². The van der Waals surface area contributed by atoms with Gasteiger partial charge in [-0.15, -0.1) is 0 Å². The molecule has 1 heterocycles. The zero-order chi connectivity index (χ0) is 20.5. The SMILES string of the molecule is O=C1N(Cc2ccc(Cl)cc2Cl)CC(CP(=O)(O)O)CN1c1ccc(Br)cc1. The van der Waals surface area contributed by atoms with Gasteiger partial charge in [0.15, 0.2) is 0 Å². The van der Waals surface area contributed by atoms with E-state index >= 15 is 0 Å². The van der Waals surface area contributed by atoms with Crippen LogP contribution in [0, 0.1) is 5.92 Å². The van der Waals surface area contributed by atoms with Crippen LogP contribution >= 0.6 is 46.7 Å². The average Bonchev–Trinajstić information content (AvgIpc) is 2.59. The largest absolute Gasteiger partial charge is 0.325 e. The minimum atomic E-state index is -4.22. The van der Waals surface area contributed by atoms with E-state index in [0.29, 0.717) is 21.3 Å². The lowest BCUT2D eigenvalue weighted by Gasteiger charge is -2.40. The van der Waals surface area contributed by atoms with Gasteiger partial charge in [0.1, 0.15) is 0 Å². The first-order valence-corrected chi connectivity index (χ1v) is 11.8. The third-order valence-electron chi connectivity index (χ3n) is 4.43. The maximum atomic E-state index is 13.1. The van der Waals surface area contributed by atoms with Gasteiger partial charge in [-0.3, -0.25) is 9.46 Å². The third kappa shape index (κ3) is 5.50. The van der Waals surface area contributed by atoms with E-state index in [1.54, 1.807) is 40.1 Å². The van der Waals surface area contributed by atoms with Gasteiger partial charge in [-0.25, -0.2) is 4.79 Å². The summed E-state index contributed by atoms with van der Waals surface area (Å²) < 4.78 is 12.4. The highest BCUT2D eigenvalue weighted by Crippen LogP contribution is 2.39. The van der Waals surface area contributed by atoms with E-state index in [-0.39, 0.29) is 37.7 Å². The Hall–Kier alpha value is -1.08. The van der Waals surface area contributed by atoms with Crippen molar-refractivity contribution in [3.8, 4) is 0 Å². The van der Waals surface area contributed by atoms with Gasteiger partial charge in [0.05, 0.1) is 6.16 Å². The van der Waals surface area contributed by atoms with Crippen LogP contribution in [0.5, 0.6) is 0 Å². The zero-order valence-corrected chi connectivity index (χ0v) is 18.6. The fourth-order valence-electron chi connectivity index (χ4n) is 3.23. The predicted octanol–water partition coefficient (Wildman–Crippen LogP) is 4.99. The van der Waals surface area contributed by atoms with Crippen molar-refractivity contribution in [1.29, 1.82) is 0 Å². The molecule has 10 heteroatoms. The second kappa shape index (κ2) is 8.74. The maximum absolute atomic E-state index is 13.1. The zero-order valence-electron chi connectivity index (χ0n) is 14.6. The number of hydrogen-bond acceptors (Lipinski definition) is 2. The van der Waals surface area contributed by atoms with Crippen LogP contribution in [0.1, 0.15) is 5.56 Å². The summed E-state index contributed by atoms with van der Waals surface area (Å²) in [5, 5.41) is 0.933. The Morgan fingerprint density at radius 1 is 1.11 bits per heavy atom. The van der Waals surface area contributed by atoms with E-state index < -0.39 is 7.60 Å². The summed E-state index contributed by atoms with van der Waals surface area (Å²) in [6.45, 7) is 0.686. The molecule has 28 heavy (non-hydrogen) atoms. The van der Waals surface area contributed by atoms with Gasteiger partial charge < -0.3 is 14.7 Å². The Labute approximate surface area is 181 Å². The molecule has 0 aliphatic carbocycles. The number of carbonyl (C=O) groups is 1. The molecule has 0 bridgehead atoms. The van der Waals surface area contributed by atoms with E-state index in [1.165, 1.54) is 0 Å². The molecule has 1 atom stereocenters. The number of urea groups is 1. The predicted molar refractivity (Wildman–Crippen MR) is 114 cm³/mol. The lowest BCUT2D eigenvalue weighted by Crippen LogP contribution is -2.54. The maximum Gasteiger partial charge on any atom is 0.325 e. The number of carbonyl (C=O) groups excluding carboxylic acids is 1. The molecule has 1 aliphatic heterocycles. The molecule has 0 spiro atoms. The molecular formula is C18H18BrCl2N2O4P. The van der Waals surface area contributed by atoms with Gasteiger partial charge in [-0.1, -0.05) is 45.2 Å². The van der Waals surface area contributed by atoms with Crippen LogP contribution in [0.25, 0.3) is 0 Å². The van der Waals surface area contributed by atoms with Crippen LogP contribution in [-0.2, 0) is 11.1 Å². The highest BCUT2D eigenvalue weighted by Gasteiger charge is 2.36. The van der Waals surface area contributed by atoms with Gasteiger partial charge >= 0.3 is 13.6 Å². The molecule has 2 amide bonds. The number of amides is 2. The van der Waals surface area contributed by atoms with Crippen LogP contribution < -0.4 is 4.90 Å². The normalized spacial score (nSPS) is 17.9. The number of benzene rings is 2. The van der Waals surface area contributed by atoms with Crippen molar-refractivity contribution in [2.45, 2.75) is 6.54 Å². The van der Waals surface area contributed by atoms with E-state index in [1.807, 2.05) is 12.1 Å². The summed E-state index contributed by atoms with van der Waals surface area (Å²) in [6, 6.07) is 12.0. The highest BCUT2D eigenvalue weighted by atomic mass is 79.9. The molecule has 3 rings (SSSR count). The molecule has 1 saturated heterocycles. The molecule has 2 aromatic rings. The van der Waals surface area contributed by atoms with Crippen molar-refractivity contribution >= 4 is 58.4 Å². The molecule has 2 N–H and O–H groups in total. The minimum absolute atomic E-state index is 0.222. The van der Waals surface area contributed by atoms with Gasteiger partial charge in [-0.2, -0.15) is 0 Å². The highest BCUT2D eigenvalue weighted by molar-refractivity contribution is 9.10. The summed E-state index contributed by atoms with van der Waals surface area (Å²) in [5.74, 6) is -0.381. The topological polar surface area (TPSA) is 81.1 Å². The van der Waals surface area contributed by atoms with Crippen molar-refractivity contribution in [3.05, 3.63) is 62.5 Å². The number of rotatable bonds is 5. The average molecular weight is 508 g/mol. The first-order chi connectivity index (χ1) is 13.1. The van der Waals surface area contributed by atoms with Crippen LogP contribution in [0.15, 0.2) is 46.9 Å². The number of halogens is 3. The van der Waals surface area contributed by atoms with E-state index in [9.17, 15) is 19.1 Å². The standard InChI is InChI=1S/C18H18BrCl2N2O4P/c19-14-2-5-16(6-3-14)23-9-12(11-28(25,26)27)8-22(18(23)24)10-13-1-4-15(20)7-17(13)21/h1-7,12H,8-11H2,(H2,25,26,27). The molecule has 1 aliphatic rings. The quantitative estimate of drug-likeness (QED) is 0.558. The molecule has 6 nitrogen and oxygen atoms in total. The summed E-state index contributed by atoms with van der Waals surface area (Å²) in [6.07, 6.45) is -0.293. The molecule has 1 fully saturated rings. The Bertz CT molecular complexity index is 922. The number of anilines is 1. The lowest BCUT2D eigenvalue weighted by molar-refractivity contribution is 0.177. The second-order valence-electron chi connectivity index (χ2n) is 6.70. The Morgan fingerprint density at radius 3 is 2.39 bits per heavy atom. The minimum Gasteiger partial charge on any atom is -0.324 e. The molecular weight excluding hydrogens is 490 g/mol. The molecule has 1 unspecified atom stereocenters. The molecule has 0 radical (unpaired) electrons. The van der Waals surface area contributed by atoms with Crippen LogP contribution in [0.3, 0.4) is 0 Å². The van der Waals surface area contributed by atoms with Crippen molar-refractivity contribution in [3.63, 3.8) is 0 Å². The Kier molecular flexibility index (Phi) is 6.75. The summed E-state index contributed by atoms with van der Waals surface area (Å²) in [5.41, 5.74) is 1.38. The van der Waals surface area contributed by atoms with Gasteiger partial charge in [0, 0.05) is 45.8 Å². The molecule has 2 aromatic carbocycles. The van der Waals surface area contributed by atoms with Crippen molar-refractivity contribution in [2.75, 3.05) is 24.2 Å². The third-order valence-corrected chi connectivity index (χ3v) is 6.54. The van der Waals surface area contributed by atoms with Gasteiger partial charge in [0.25, 0.3) is 0 Å². The van der Waals surface area contributed by atoms with Crippen molar-refractivity contribution in [2.24, 2.45) is 5.92 Å². The smallest absolute Gasteiger partial charge is 0.324 e. The fourth-order valence-corrected chi connectivity index (χ4v) is 4.87. The van der Waals surface area contributed by atoms with Gasteiger partial charge in [0.2, 0.25) is 0 Å². The van der Waals surface area contributed by atoms with Gasteiger partial charge in [-0.05, 0) is 42.0 Å². The molecule has 0 saturated carbocycles. The van der Waals surface area contributed by atoms with E-state index in [4.69, 9.17) is 23.2 Å². The van der Waals surface area contributed by atoms with E-state index in [2.05, 4.69) is 15.9 Å². The monoisotopic (exact) mass is 506 g/mol. The first kappa shape index (κ1) is 21.6. The first-order valence-electron chi connectivity index (χ1n) is 8.43. The van der Waals surface area contributed by atoms with Crippen LogP contribution in [0.4, 0.5) is 10.5 Å². The molecule has 0 aromatic heterocycles. The number of hydrogen-bond donors (Lipinski definition) is 2. The van der Waals surface area contributed by atoms with E-state index in [0.717, 1.165) is 4.47 Å². The summed E-state index contributed by atoms with van der Waals surface area (Å²) >= 11 is 15.5. The Balaban J connectivity index is 1.89. The van der Waals surface area contributed by atoms with Crippen molar-refractivity contribution in [1.82, 2.24) is 4.90 Å². The van der Waals surface area contributed by atoms with Crippen LogP contribution in [-0.4, -0.2) is 40.0 Å². The summed E-state index contributed by atoms with van der Waals surface area (Å²) in [4.78, 5) is 35.0. The fraction of sp³-hybridized carbons (Fsp3) is 0.278. The summed E-state index contributed by atoms with van der Waals surface area (Å²) in [7, 11) is -4.22. The Morgan fingerprint density at radius 2 is 1.79 bits per heavy atom. The second-order valence-corrected chi connectivity index (χ2v) is 10.2. The van der Waals surface area contributed by atoms with Crippen molar-refractivity contribution < 1.29 is 19.1 Å². The molecule has 150 valence electrons.